The first kappa shape index (κ1) is 16.5. The van der Waals surface area contributed by atoms with Crippen LogP contribution >= 0.6 is 27.3 Å². The lowest BCUT2D eigenvalue weighted by Gasteiger charge is -2.19. The van der Waals surface area contributed by atoms with Crippen LogP contribution in [0, 0.1) is 5.82 Å². The Labute approximate surface area is 137 Å². The third kappa shape index (κ3) is 5.41. The van der Waals surface area contributed by atoms with E-state index in [4.69, 9.17) is 4.74 Å². The molecule has 0 fully saturated rings. The molecule has 2 rings (SSSR count). The zero-order chi connectivity index (χ0) is 15.5. The zero-order valence-electron chi connectivity index (χ0n) is 12.4. The van der Waals surface area contributed by atoms with E-state index in [0.29, 0.717) is 11.1 Å². The number of thiophene rings is 1. The van der Waals surface area contributed by atoms with Crippen LogP contribution in [0.5, 0.6) is 5.75 Å². The second kappa shape index (κ2) is 6.90. The van der Waals surface area contributed by atoms with E-state index in [2.05, 4.69) is 48.1 Å². The van der Waals surface area contributed by atoms with Gasteiger partial charge in [-0.25, -0.2) is 4.39 Å². The summed E-state index contributed by atoms with van der Waals surface area (Å²) in [6, 6.07) is 8.92. The van der Waals surface area contributed by atoms with Crippen molar-refractivity contribution in [3.63, 3.8) is 0 Å². The Kier molecular flexibility index (Phi) is 5.41. The Bertz CT molecular complexity index is 607. The first-order valence-electron chi connectivity index (χ1n) is 6.74. The van der Waals surface area contributed by atoms with Crippen LogP contribution < -0.4 is 10.1 Å². The minimum absolute atomic E-state index is 0.0984. The van der Waals surface area contributed by atoms with Crippen molar-refractivity contribution >= 4 is 27.3 Å². The fourth-order valence-corrected chi connectivity index (χ4v) is 2.89. The highest BCUT2D eigenvalue weighted by Crippen LogP contribution is 2.24. The summed E-state index contributed by atoms with van der Waals surface area (Å²) >= 11 is 4.91. The van der Waals surface area contributed by atoms with Crippen LogP contribution in [0.3, 0.4) is 0 Å². The highest BCUT2D eigenvalue weighted by atomic mass is 79.9. The molecule has 0 unspecified atom stereocenters. The lowest BCUT2D eigenvalue weighted by Crippen LogP contribution is -2.34. The standard InChI is InChI=1S/C16H19BrFNOS/c1-16(2,3)19-9-12-5-6-13(21-12)10-20-15-7-4-11(17)8-14(15)18/h4-8,19H,9-10H2,1-3H3. The van der Waals surface area contributed by atoms with Crippen molar-refractivity contribution in [3.8, 4) is 5.75 Å². The third-order valence-electron chi connectivity index (χ3n) is 2.77. The quantitative estimate of drug-likeness (QED) is 0.787. The maximum Gasteiger partial charge on any atom is 0.166 e. The van der Waals surface area contributed by atoms with Crippen LogP contribution in [0.2, 0.25) is 0 Å². The molecule has 0 atom stereocenters. The Morgan fingerprint density at radius 2 is 1.90 bits per heavy atom. The molecule has 0 bridgehead atoms. The molecule has 0 saturated heterocycles. The molecule has 21 heavy (non-hydrogen) atoms. The molecule has 0 aliphatic heterocycles. The van der Waals surface area contributed by atoms with Gasteiger partial charge >= 0.3 is 0 Å². The van der Waals surface area contributed by atoms with Gasteiger partial charge in [0.15, 0.2) is 11.6 Å². The van der Waals surface area contributed by atoms with Gasteiger partial charge < -0.3 is 10.1 Å². The molecular formula is C16H19BrFNOS. The van der Waals surface area contributed by atoms with Gasteiger partial charge in [-0.15, -0.1) is 11.3 Å². The number of benzene rings is 1. The minimum atomic E-state index is -0.351. The Morgan fingerprint density at radius 1 is 1.19 bits per heavy atom. The molecule has 2 nitrogen and oxygen atoms in total. The van der Waals surface area contributed by atoms with Gasteiger partial charge in [-0.2, -0.15) is 0 Å². The van der Waals surface area contributed by atoms with E-state index in [1.807, 2.05) is 6.07 Å². The number of hydrogen-bond donors (Lipinski definition) is 1. The van der Waals surface area contributed by atoms with E-state index in [0.717, 1.165) is 11.4 Å². The largest absolute Gasteiger partial charge is 0.485 e. The summed E-state index contributed by atoms with van der Waals surface area (Å²) in [6.07, 6.45) is 0. The van der Waals surface area contributed by atoms with Crippen LogP contribution in [0.15, 0.2) is 34.8 Å². The number of ether oxygens (including phenoxy) is 1. The van der Waals surface area contributed by atoms with Gasteiger partial charge in [-0.05, 0) is 51.1 Å². The fraction of sp³-hybridized carbons (Fsp3) is 0.375. The number of rotatable bonds is 5. The average Bonchev–Trinajstić information content (AvgIpc) is 2.82. The molecule has 0 spiro atoms. The minimum Gasteiger partial charge on any atom is -0.485 e. The maximum atomic E-state index is 13.6. The van der Waals surface area contributed by atoms with E-state index in [9.17, 15) is 4.39 Å². The summed E-state index contributed by atoms with van der Waals surface area (Å²) in [5.74, 6) is -0.0727. The summed E-state index contributed by atoms with van der Waals surface area (Å²) in [6.45, 7) is 7.64. The summed E-state index contributed by atoms with van der Waals surface area (Å²) < 4.78 is 19.9. The van der Waals surface area contributed by atoms with E-state index in [1.165, 1.54) is 10.9 Å². The van der Waals surface area contributed by atoms with E-state index < -0.39 is 0 Å². The Morgan fingerprint density at radius 3 is 2.57 bits per heavy atom. The first-order chi connectivity index (χ1) is 9.83. The Balaban J connectivity index is 1.90. The summed E-state index contributed by atoms with van der Waals surface area (Å²) in [5, 5.41) is 3.45. The van der Waals surface area contributed by atoms with Crippen molar-refractivity contribution in [2.45, 2.75) is 39.5 Å². The highest BCUT2D eigenvalue weighted by molar-refractivity contribution is 9.10. The van der Waals surface area contributed by atoms with Crippen molar-refractivity contribution in [2.75, 3.05) is 0 Å². The molecule has 0 amide bonds. The van der Waals surface area contributed by atoms with Gasteiger partial charge in [0.1, 0.15) is 6.61 Å². The second-order valence-corrected chi connectivity index (χ2v) is 8.00. The summed E-state index contributed by atoms with van der Waals surface area (Å²) in [7, 11) is 0. The highest BCUT2D eigenvalue weighted by Gasteiger charge is 2.10. The molecule has 0 saturated carbocycles. The second-order valence-electron chi connectivity index (χ2n) is 5.83. The predicted molar refractivity (Wildman–Crippen MR) is 89.3 cm³/mol. The van der Waals surface area contributed by atoms with Gasteiger partial charge in [-0.1, -0.05) is 15.9 Å². The zero-order valence-corrected chi connectivity index (χ0v) is 14.8. The van der Waals surface area contributed by atoms with Crippen molar-refractivity contribution < 1.29 is 9.13 Å². The predicted octanol–water partition coefficient (Wildman–Crippen LogP) is 5.12. The van der Waals surface area contributed by atoms with Crippen LogP contribution in [0.25, 0.3) is 0 Å². The molecule has 1 heterocycles. The van der Waals surface area contributed by atoms with Gasteiger partial charge in [0, 0.05) is 26.3 Å². The molecule has 1 aromatic heterocycles. The monoisotopic (exact) mass is 371 g/mol. The van der Waals surface area contributed by atoms with Crippen LogP contribution in [-0.4, -0.2) is 5.54 Å². The van der Waals surface area contributed by atoms with Crippen molar-refractivity contribution in [3.05, 3.63) is 50.4 Å². The van der Waals surface area contributed by atoms with E-state index >= 15 is 0 Å². The lowest BCUT2D eigenvalue weighted by molar-refractivity contribution is 0.293. The molecular weight excluding hydrogens is 353 g/mol. The molecule has 2 aromatic rings. The maximum absolute atomic E-state index is 13.6. The van der Waals surface area contributed by atoms with Gasteiger partial charge in [0.25, 0.3) is 0 Å². The van der Waals surface area contributed by atoms with E-state index in [-0.39, 0.29) is 17.1 Å². The van der Waals surface area contributed by atoms with Crippen molar-refractivity contribution in [2.24, 2.45) is 0 Å². The third-order valence-corrected chi connectivity index (χ3v) is 4.33. The summed E-state index contributed by atoms with van der Waals surface area (Å²) in [4.78, 5) is 2.34. The first-order valence-corrected chi connectivity index (χ1v) is 8.35. The van der Waals surface area contributed by atoms with Crippen molar-refractivity contribution in [1.82, 2.24) is 5.32 Å². The van der Waals surface area contributed by atoms with Gasteiger partial charge in [0.05, 0.1) is 0 Å². The van der Waals surface area contributed by atoms with Crippen LogP contribution in [-0.2, 0) is 13.2 Å². The normalized spacial score (nSPS) is 11.7. The Hall–Kier alpha value is -0.910. The lowest BCUT2D eigenvalue weighted by atomic mass is 10.1. The molecule has 1 aromatic carbocycles. The van der Waals surface area contributed by atoms with Gasteiger partial charge in [-0.3, -0.25) is 0 Å². The van der Waals surface area contributed by atoms with Crippen LogP contribution in [0.1, 0.15) is 30.5 Å². The van der Waals surface area contributed by atoms with Crippen molar-refractivity contribution in [1.29, 1.82) is 0 Å². The fourth-order valence-electron chi connectivity index (χ4n) is 1.69. The summed E-state index contributed by atoms with van der Waals surface area (Å²) in [5.41, 5.74) is 0.0984. The molecule has 114 valence electrons. The van der Waals surface area contributed by atoms with E-state index in [1.54, 1.807) is 23.5 Å². The number of halogens is 2. The van der Waals surface area contributed by atoms with Gasteiger partial charge in [0.2, 0.25) is 0 Å². The smallest absolute Gasteiger partial charge is 0.166 e. The molecule has 1 N–H and O–H groups in total. The average molecular weight is 372 g/mol. The molecule has 0 aliphatic rings. The topological polar surface area (TPSA) is 21.3 Å². The molecule has 0 aliphatic carbocycles. The number of nitrogens with one attached hydrogen (secondary N) is 1. The SMILES string of the molecule is CC(C)(C)NCc1ccc(COc2ccc(Br)cc2F)s1. The van der Waals surface area contributed by atoms with Crippen LogP contribution in [0.4, 0.5) is 4.39 Å². The molecule has 0 radical (unpaired) electrons. The molecule has 5 heteroatoms. The number of hydrogen-bond acceptors (Lipinski definition) is 3.